The standard InChI is InChI=1S/C24H24FNO4/c1-4-23(30-20-8-6-5-7-9-20)24(28)29-15-22(27)21-14-16(2)26(17(21)3)19-12-10-18(25)11-13-19/h5-14,23H,4,15H2,1-3H3/t23-/m0/s1. The van der Waals surface area contributed by atoms with Crippen LogP contribution in [0, 0.1) is 19.7 Å². The third-order valence-electron chi connectivity index (χ3n) is 4.82. The Labute approximate surface area is 175 Å². The third-order valence-corrected chi connectivity index (χ3v) is 4.82. The average molecular weight is 409 g/mol. The summed E-state index contributed by atoms with van der Waals surface area (Å²) in [6, 6.07) is 16.8. The molecular formula is C24H24FNO4. The lowest BCUT2D eigenvalue weighted by atomic mass is 10.1. The SMILES string of the molecule is CC[C@H](Oc1ccccc1)C(=O)OCC(=O)c1cc(C)n(-c2ccc(F)cc2)c1C. The van der Waals surface area contributed by atoms with Gasteiger partial charge in [0.15, 0.2) is 12.7 Å². The summed E-state index contributed by atoms with van der Waals surface area (Å²) >= 11 is 0. The minimum absolute atomic E-state index is 0.306. The smallest absolute Gasteiger partial charge is 0.347 e. The number of ether oxygens (including phenoxy) is 2. The zero-order valence-electron chi connectivity index (χ0n) is 17.2. The first-order chi connectivity index (χ1) is 14.4. The number of carbonyl (C=O) groups excluding carboxylic acids is 2. The Kier molecular flexibility index (Phi) is 6.67. The van der Waals surface area contributed by atoms with E-state index in [0.29, 0.717) is 23.4 Å². The number of carbonyl (C=O) groups is 2. The van der Waals surface area contributed by atoms with E-state index in [1.54, 1.807) is 37.3 Å². The van der Waals surface area contributed by atoms with Crippen molar-refractivity contribution in [2.75, 3.05) is 6.61 Å². The lowest BCUT2D eigenvalue weighted by Crippen LogP contribution is -2.30. The first-order valence-electron chi connectivity index (χ1n) is 9.77. The Hall–Kier alpha value is -3.41. The van der Waals surface area contributed by atoms with Crippen LogP contribution in [0.2, 0.25) is 0 Å². The van der Waals surface area contributed by atoms with E-state index >= 15 is 0 Å². The van der Waals surface area contributed by atoms with Crippen molar-refractivity contribution >= 4 is 11.8 Å². The number of aromatic nitrogens is 1. The molecule has 0 unspecified atom stereocenters. The first kappa shape index (κ1) is 21.3. The van der Waals surface area contributed by atoms with Crippen molar-refractivity contribution in [3.8, 4) is 11.4 Å². The van der Waals surface area contributed by atoms with Crippen molar-refractivity contribution in [2.45, 2.75) is 33.3 Å². The fraction of sp³-hybridized carbons (Fsp3) is 0.250. The van der Waals surface area contributed by atoms with Gasteiger partial charge in [-0.2, -0.15) is 0 Å². The van der Waals surface area contributed by atoms with Gasteiger partial charge in [-0.25, -0.2) is 9.18 Å². The lowest BCUT2D eigenvalue weighted by Gasteiger charge is -2.16. The lowest BCUT2D eigenvalue weighted by molar-refractivity contribution is -0.150. The topological polar surface area (TPSA) is 57.5 Å². The van der Waals surface area contributed by atoms with Crippen LogP contribution in [0.4, 0.5) is 4.39 Å². The normalized spacial score (nSPS) is 11.7. The molecule has 0 aliphatic rings. The van der Waals surface area contributed by atoms with Crippen molar-refractivity contribution < 1.29 is 23.5 Å². The predicted molar refractivity (Wildman–Crippen MR) is 112 cm³/mol. The second-order valence-electron chi connectivity index (χ2n) is 6.96. The van der Waals surface area contributed by atoms with Crippen molar-refractivity contribution in [1.29, 1.82) is 0 Å². The van der Waals surface area contributed by atoms with Gasteiger partial charge in [0.05, 0.1) is 0 Å². The van der Waals surface area contributed by atoms with Gasteiger partial charge in [-0.15, -0.1) is 0 Å². The van der Waals surface area contributed by atoms with Crippen LogP contribution in [0.15, 0.2) is 60.7 Å². The van der Waals surface area contributed by atoms with Crippen LogP contribution in [0.25, 0.3) is 5.69 Å². The fourth-order valence-corrected chi connectivity index (χ4v) is 3.30. The summed E-state index contributed by atoms with van der Waals surface area (Å²) in [7, 11) is 0. The molecule has 0 radical (unpaired) electrons. The zero-order chi connectivity index (χ0) is 21.7. The Bertz CT molecular complexity index is 1030. The molecule has 0 amide bonds. The molecule has 0 saturated carbocycles. The van der Waals surface area contributed by atoms with Crippen LogP contribution in [-0.2, 0) is 9.53 Å². The number of hydrogen-bond donors (Lipinski definition) is 0. The van der Waals surface area contributed by atoms with Gasteiger partial charge in [-0.1, -0.05) is 25.1 Å². The third kappa shape index (κ3) is 4.76. The van der Waals surface area contributed by atoms with Crippen LogP contribution >= 0.6 is 0 Å². The molecule has 0 aliphatic carbocycles. The Morgan fingerprint density at radius 1 is 1.03 bits per heavy atom. The van der Waals surface area contributed by atoms with Gasteiger partial charge in [-0.05, 0) is 62.7 Å². The molecule has 0 fully saturated rings. The maximum Gasteiger partial charge on any atom is 0.347 e. The molecular weight excluding hydrogens is 385 g/mol. The van der Waals surface area contributed by atoms with Crippen LogP contribution in [0.1, 0.15) is 35.1 Å². The number of esters is 1. The Morgan fingerprint density at radius 2 is 1.70 bits per heavy atom. The number of halogens is 1. The van der Waals surface area contributed by atoms with Crippen molar-refractivity contribution in [3.05, 3.63) is 83.4 Å². The Morgan fingerprint density at radius 3 is 2.33 bits per heavy atom. The van der Waals surface area contributed by atoms with Gasteiger partial charge in [-0.3, -0.25) is 4.79 Å². The number of nitrogens with zero attached hydrogens (tertiary/aromatic N) is 1. The molecule has 1 atom stereocenters. The summed E-state index contributed by atoms with van der Waals surface area (Å²) in [5, 5.41) is 0. The number of aryl methyl sites for hydroxylation is 1. The van der Waals surface area contributed by atoms with E-state index in [1.807, 2.05) is 36.6 Å². The molecule has 0 aliphatic heterocycles. The number of para-hydroxylation sites is 1. The molecule has 0 N–H and O–H groups in total. The fourth-order valence-electron chi connectivity index (χ4n) is 3.30. The van der Waals surface area contributed by atoms with Crippen LogP contribution in [-0.4, -0.2) is 29.0 Å². The van der Waals surface area contributed by atoms with Crippen LogP contribution in [0.5, 0.6) is 5.75 Å². The number of Topliss-reactive ketones (excluding diaryl/α,β-unsaturated/α-hetero) is 1. The van der Waals surface area contributed by atoms with Gasteiger partial charge in [0.25, 0.3) is 0 Å². The highest BCUT2D eigenvalue weighted by Gasteiger charge is 2.23. The van der Waals surface area contributed by atoms with Gasteiger partial charge in [0, 0.05) is 22.6 Å². The maximum absolute atomic E-state index is 13.2. The second-order valence-corrected chi connectivity index (χ2v) is 6.96. The molecule has 5 nitrogen and oxygen atoms in total. The molecule has 1 heterocycles. The summed E-state index contributed by atoms with van der Waals surface area (Å²) in [4.78, 5) is 25.1. The minimum atomic E-state index is -0.785. The summed E-state index contributed by atoms with van der Waals surface area (Å²) < 4.78 is 26.0. The number of ketones is 1. The van der Waals surface area contributed by atoms with E-state index in [1.165, 1.54) is 12.1 Å². The first-order valence-corrected chi connectivity index (χ1v) is 9.77. The van der Waals surface area contributed by atoms with Gasteiger partial charge < -0.3 is 14.0 Å². The van der Waals surface area contributed by atoms with Crippen LogP contribution in [0.3, 0.4) is 0 Å². The molecule has 30 heavy (non-hydrogen) atoms. The highest BCUT2D eigenvalue weighted by Crippen LogP contribution is 2.22. The summed E-state index contributed by atoms with van der Waals surface area (Å²) in [6.45, 7) is 5.10. The van der Waals surface area contributed by atoms with E-state index in [9.17, 15) is 14.0 Å². The molecule has 0 spiro atoms. The summed E-state index contributed by atoms with van der Waals surface area (Å²) in [5.41, 5.74) is 2.74. The Balaban J connectivity index is 1.68. The number of rotatable bonds is 8. The van der Waals surface area contributed by atoms with Crippen molar-refractivity contribution in [2.24, 2.45) is 0 Å². The second kappa shape index (κ2) is 9.39. The maximum atomic E-state index is 13.2. The average Bonchev–Trinajstić information content (AvgIpc) is 3.05. The molecule has 0 bridgehead atoms. The van der Waals surface area contributed by atoms with Crippen LogP contribution < -0.4 is 4.74 Å². The van der Waals surface area contributed by atoms with E-state index in [-0.39, 0.29) is 18.2 Å². The summed E-state index contributed by atoms with van der Waals surface area (Å²) in [6.07, 6.45) is -0.368. The zero-order valence-corrected chi connectivity index (χ0v) is 17.2. The monoisotopic (exact) mass is 409 g/mol. The van der Waals surface area contributed by atoms with Gasteiger partial charge in [0.1, 0.15) is 11.6 Å². The molecule has 6 heteroatoms. The molecule has 3 aromatic rings. The quantitative estimate of drug-likeness (QED) is 0.395. The molecule has 2 aromatic carbocycles. The van der Waals surface area contributed by atoms with Gasteiger partial charge in [0.2, 0.25) is 5.78 Å². The number of hydrogen-bond acceptors (Lipinski definition) is 4. The largest absolute Gasteiger partial charge is 0.479 e. The summed E-state index contributed by atoms with van der Waals surface area (Å²) in [5.74, 6) is -0.649. The van der Waals surface area contributed by atoms with Crippen molar-refractivity contribution in [1.82, 2.24) is 4.57 Å². The molecule has 156 valence electrons. The van der Waals surface area contributed by atoms with E-state index in [2.05, 4.69) is 0 Å². The van der Waals surface area contributed by atoms with E-state index in [4.69, 9.17) is 9.47 Å². The molecule has 0 saturated heterocycles. The van der Waals surface area contributed by atoms with E-state index in [0.717, 1.165) is 11.4 Å². The highest BCUT2D eigenvalue weighted by molar-refractivity contribution is 5.99. The highest BCUT2D eigenvalue weighted by atomic mass is 19.1. The molecule has 3 rings (SSSR count). The minimum Gasteiger partial charge on any atom is -0.479 e. The number of benzene rings is 2. The van der Waals surface area contributed by atoms with Gasteiger partial charge >= 0.3 is 5.97 Å². The predicted octanol–water partition coefficient (Wildman–Crippen LogP) is 4.82. The molecule has 1 aromatic heterocycles. The van der Waals surface area contributed by atoms with E-state index < -0.39 is 12.1 Å². The van der Waals surface area contributed by atoms with Crippen molar-refractivity contribution in [3.63, 3.8) is 0 Å².